The molecule has 0 radical (unpaired) electrons. The summed E-state index contributed by atoms with van der Waals surface area (Å²) in [7, 11) is 0. The van der Waals surface area contributed by atoms with Crippen molar-refractivity contribution in [2.24, 2.45) is 0 Å². The summed E-state index contributed by atoms with van der Waals surface area (Å²) in [5, 5.41) is 3.58. The van der Waals surface area contributed by atoms with Gasteiger partial charge in [-0.2, -0.15) is 0 Å². The zero-order chi connectivity index (χ0) is 22.1. The Balaban J connectivity index is 1.59. The van der Waals surface area contributed by atoms with E-state index in [-0.39, 0.29) is 22.6 Å². The Hall–Kier alpha value is -2.70. The SMILES string of the molecule is CCC(C)N1C(=O)/C(=C/c2ccc3c(c2)CCN3Cc2ccccc2Cl)C(=O)NC1=S. The second-order valence-electron chi connectivity index (χ2n) is 7.90. The Labute approximate surface area is 192 Å². The maximum absolute atomic E-state index is 13.0. The molecule has 1 fully saturated rings. The van der Waals surface area contributed by atoms with Crippen molar-refractivity contribution in [3.05, 3.63) is 69.8 Å². The largest absolute Gasteiger partial charge is 0.367 e. The van der Waals surface area contributed by atoms with Crippen LogP contribution in [0.5, 0.6) is 0 Å². The van der Waals surface area contributed by atoms with E-state index >= 15 is 0 Å². The Bertz CT molecular complexity index is 1100. The number of rotatable bonds is 5. The zero-order valence-corrected chi connectivity index (χ0v) is 19.1. The Morgan fingerprint density at radius 2 is 2.00 bits per heavy atom. The molecule has 0 saturated carbocycles. The molecular formula is C24H24ClN3O2S. The van der Waals surface area contributed by atoms with Crippen molar-refractivity contribution >= 4 is 52.5 Å². The molecule has 2 aliphatic rings. The van der Waals surface area contributed by atoms with Crippen LogP contribution < -0.4 is 10.2 Å². The molecule has 2 aromatic rings. The van der Waals surface area contributed by atoms with E-state index < -0.39 is 5.91 Å². The number of hydrogen-bond donors (Lipinski definition) is 1. The molecule has 0 aromatic heterocycles. The third-order valence-corrected chi connectivity index (χ3v) is 6.56. The van der Waals surface area contributed by atoms with Crippen molar-refractivity contribution in [3.63, 3.8) is 0 Å². The predicted octanol–water partition coefficient (Wildman–Crippen LogP) is 4.33. The first-order chi connectivity index (χ1) is 14.9. The lowest BCUT2D eigenvalue weighted by Gasteiger charge is -2.33. The van der Waals surface area contributed by atoms with E-state index in [2.05, 4.69) is 16.3 Å². The molecule has 5 nitrogen and oxygen atoms in total. The number of hydrogen-bond acceptors (Lipinski definition) is 4. The molecule has 1 N–H and O–H groups in total. The molecule has 0 spiro atoms. The average molecular weight is 454 g/mol. The molecule has 31 heavy (non-hydrogen) atoms. The fraction of sp³-hybridized carbons (Fsp3) is 0.292. The molecule has 2 aromatic carbocycles. The first kappa shape index (κ1) is 21.5. The summed E-state index contributed by atoms with van der Waals surface area (Å²) in [5.41, 5.74) is 4.38. The number of benzene rings is 2. The number of anilines is 1. The number of thiocarbonyl (C=S) groups is 1. The Morgan fingerprint density at radius 3 is 2.74 bits per heavy atom. The van der Waals surface area contributed by atoms with E-state index in [0.29, 0.717) is 0 Å². The first-order valence-electron chi connectivity index (χ1n) is 10.4. The number of carbonyl (C=O) groups excluding carboxylic acids is 2. The molecule has 1 unspecified atom stereocenters. The maximum Gasteiger partial charge on any atom is 0.265 e. The van der Waals surface area contributed by atoms with Gasteiger partial charge in [-0.15, -0.1) is 0 Å². The highest BCUT2D eigenvalue weighted by Crippen LogP contribution is 2.32. The minimum absolute atomic E-state index is 0.0811. The lowest BCUT2D eigenvalue weighted by Crippen LogP contribution is -2.56. The van der Waals surface area contributed by atoms with Crippen molar-refractivity contribution < 1.29 is 9.59 Å². The van der Waals surface area contributed by atoms with Gasteiger partial charge in [0.2, 0.25) is 0 Å². The minimum atomic E-state index is -0.449. The number of fused-ring (bicyclic) bond motifs is 1. The van der Waals surface area contributed by atoms with Crippen LogP contribution in [0.4, 0.5) is 5.69 Å². The van der Waals surface area contributed by atoms with Gasteiger partial charge in [-0.3, -0.25) is 19.8 Å². The van der Waals surface area contributed by atoms with Crippen LogP contribution in [0.15, 0.2) is 48.0 Å². The molecule has 2 heterocycles. The summed E-state index contributed by atoms with van der Waals surface area (Å²) in [5.74, 6) is -0.792. The van der Waals surface area contributed by atoms with E-state index in [0.717, 1.165) is 47.8 Å². The van der Waals surface area contributed by atoms with Crippen LogP contribution in [0.3, 0.4) is 0 Å². The molecule has 1 atom stereocenters. The summed E-state index contributed by atoms with van der Waals surface area (Å²) >= 11 is 11.5. The highest BCUT2D eigenvalue weighted by molar-refractivity contribution is 7.80. The van der Waals surface area contributed by atoms with Gasteiger partial charge in [-0.05, 0) is 72.9 Å². The minimum Gasteiger partial charge on any atom is -0.367 e. The number of nitrogens with zero attached hydrogens (tertiary/aromatic N) is 2. The van der Waals surface area contributed by atoms with Gasteiger partial charge in [0.15, 0.2) is 5.11 Å². The van der Waals surface area contributed by atoms with Crippen molar-refractivity contribution in [1.29, 1.82) is 0 Å². The molecule has 4 rings (SSSR count). The van der Waals surface area contributed by atoms with Gasteiger partial charge in [-0.1, -0.05) is 42.8 Å². The van der Waals surface area contributed by atoms with Gasteiger partial charge in [0.25, 0.3) is 11.8 Å². The summed E-state index contributed by atoms with van der Waals surface area (Å²) in [6.45, 7) is 5.54. The number of nitrogens with one attached hydrogen (secondary N) is 1. The lowest BCUT2D eigenvalue weighted by molar-refractivity contribution is -0.130. The molecule has 7 heteroatoms. The number of carbonyl (C=O) groups is 2. The van der Waals surface area contributed by atoms with E-state index in [1.807, 2.05) is 50.2 Å². The van der Waals surface area contributed by atoms with Crippen molar-refractivity contribution in [3.8, 4) is 0 Å². The van der Waals surface area contributed by atoms with E-state index in [1.54, 1.807) is 6.08 Å². The fourth-order valence-corrected chi connectivity index (χ4v) is 4.55. The average Bonchev–Trinajstić information content (AvgIpc) is 3.14. The van der Waals surface area contributed by atoms with Crippen molar-refractivity contribution in [1.82, 2.24) is 10.2 Å². The fourth-order valence-electron chi connectivity index (χ4n) is 4.00. The van der Waals surface area contributed by atoms with Gasteiger partial charge in [-0.25, -0.2) is 0 Å². The quantitative estimate of drug-likeness (QED) is 0.416. The molecule has 160 valence electrons. The van der Waals surface area contributed by atoms with Crippen LogP contribution in [0.1, 0.15) is 37.0 Å². The predicted molar refractivity (Wildman–Crippen MR) is 128 cm³/mol. The van der Waals surface area contributed by atoms with Crippen LogP contribution >= 0.6 is 23.8 Å². The Morgan fingerprint density at radius 1 is 1.23 bits per heavy atom. The highest BCUT2D eigenvalue weighted by Gasteiger charge is 2.35. The molecular weight excluding hydrogens is 430 g/mol. The van der Waals surface area contributed by atoms with Gasteiger partial charge in [0.05, 0.1) is 0 Å². The van der Waals surface area contributed by atoms with Crippen LogP contribution in [0, 0.1) is 0 Å². The van der Waals surface area contributed by atoms with Gasteiger partial charge in [0.1, 0.15) is 5.57 Å². The molecule has 0 bridgehead atoms. The normalized spacial score (nSPS) is 18.4. The zero-order valence-electron chi connectivity index (χ0n) is 17.5. The summed E-state index contributed by atoms with van der Waals surface area (Å²) in [4.78, 5) is 29.2. The van der Waals surface area contributed by atoms with Crippen LogP contribution in [0.2, 0.25) is 5.02 Å². The second-order valence-corrected chi connectivity index (χ2v) is 8.69. The number of halogens is 1. The molecule has 2 aliphatic heterocycles. The van der Waals surface area contributed by atoms with E-state index in [1.165, 1.54) is 10.5 Å². The summed E-state index contributed by atoms with van der Waals surface area (Å²) in [6, 6.07) is 13.8. The first-order valence-corrected chi connectivity index (χ1v) is 11.2. The van der Waals surface area contributed by atoms with E-state index in [4.69, 9.17) is 23.8 Å². The monoisotopic (exact) mass is 453 g/mol. The summed E-state index contributed by atoms with van der Waals surface area (Å²) < 4.78 is 0. The van der Waals surface area contributed by atoms with Crippen molar-refractivity contribution in [2.75, 3.05) is 11.4 Å². The maximum atomic E-state index is 13.0. The topological polar surface area (TPSA) is 52.7 Å². The molecule has 2 amide bonds. The van der Waals surface area contributed by atoms with E-state index in [9.17, 15) is 9.59 Å². The number of amides is 2. The third-order valence-electron chi connectivity index (χ3n) is 5.89. The smallest absolute Gasteiger partial charge is 0.265 e. The van der Waals surface area contributed by atoms with Crippen molar-refractivity contribution in [2.45, 2.75) is 39.3 Å². The van der Waals surface area contributed by atoms with Crippen LogP contribution in [0.25, 0.3) is 6.08 Å². The summed E-state index contributed by atoms with van der Waals surface area (Å²) in [6.07, 6.45) is 3.31. The van der Waals surface area contributed by atoms with Crippen LogP contribution in [-0.4, -0.2) is 34.4 Å². The van der Waals surface area contributed by atoms with Gasteiger partial charge < -0.3 is 4.90 Å². The standard InChI is InChI=1S/C24H24ClN3O2S/c1-3-15(2)28-23(30)19(22(29)26-24(28)31)13-16-8-9-21-17(12-16)10-11-27(21)14-18-6-4-5-7-20(18)25/h4-9,12-13,15H,3,10-11,14H2,1-2H3,(H,26,29,31)/b19-13+. The molecule has 1 saturated heterocycles. The van der Waals surface area contributed by atoms with Gasteiger partial charge in [0, 0.05) is 29.8 Å². The highest BCUT2D eigenvalue weighted by atomic mass is 35.5. The second kappa shape index (κ2) is 8.81. The molecule has 0 aliphatic carbocycles. The van der Waals surface area contributed by atoms with Crippen LogP contribution in [-0.2, 0) is 22.6 Å². The third kappa shape index (κ3) is 4.23. The lowest BCUT2D eigenvalue weighted by atomic mass is 10.0. The van der Waals surface area contributed by atoms with Gasteiger partial charge >= 0.3 is 0 Å². The Kier molecular flexibility index (Phi) is 6.12.